The van der Waals surface area contributed by atoms with E-state index in [1.807, 2.05) is 0 Å². The number of rotatable bonds is 3. The second-order valence-electron chi connectivity index (χ2n) is 3.50. The maximum atomic E-state index is 13.0. The second-order valence-corrected chi connectivity index (χ2v) is 3.50. The van der Waals surface area contributed by atoms with Gasteiger partial charge in [-0.3, -0.25) is 4.90 Å². The molecular weight excluding hydrogens is 252 g/mol. The number of halogens is 4. The molecule has 0 aliphatic rings. The number of nitrogens with zero attached hydrogens (tertiary/aromatic N) is 1. The Hall–Kier alpha value is -1.79. The maximum absolute atomic E-state index is 13.0. The SMILES string of the molecule is CCN(C(=O)NCC(F)(F)F)c1cccc(F)c1. The van der Waals surface area contributed by atoms with Crippen LogP contribution in [0.25, 0.3) is 0 Å². The summed E-state index contributed by atoms with van der Waals surface area (Å²) < 4.78 is 48.8. The molecule has 0 unspecified atom stereocenters. The minimum absolute atomic E-state index is 0.132. The number of hydrogen-bond donors (Lipinski definition) is 1. The molecule has 1 rings (SSSR count). The number of nitrogens with one attached hydrogen (secondary N) is 1. The second kappa shape index (κ2) is 5.70. The Morgan fingerprint density at radius 3 is 2.56 bits per heavy atom. The van der Waals surface area contributed by atoms with E-state index in [2.05, 4.69) is 0 Å². The van der Waals surface area contributed by atoms with E-state index in [9.17, 15) is 22.4 Å². The fraction of sp³-hybridized carbons (Fsp3) is 0.364. The van der Waals surface area contributed by atoms with Crippen molar-refractivity contribution in [3.8, 4) is 0 Å². The van der Waals surface area contributed by atoms with Gasteiger partial charge in [0.05, 0.1) is 0 Å². The molecule has 0 radical (unpaired) electrons. The molecule has 1 N–H and O–H groups in total. The summed E-state index contributed by atoms with van der Waals surface area (Å²) in [6, 6.07) is 4.17. The van der Waals surface area contributed by atoms with Crippen molar-refractivity contribution in [1.82, 2.24) is 5.32 Å². The van der Waals surface area contributed by atoms with Crippen LogP contribution in [0.15, 0.2) is 24.3 Å². The summed E-state index contributed by atoms with van der Waals surface area (Å²) in [4.78, 5) is 12.5. The fourth-order valence-electron chi connectivity index (χ4n) is 1.36. The highest BCUT2D eigenvalue weighted by atomic mass is 19.4. The molecule has 0 heterocycles. The molecular formula is C11H12F4N2O. The van der Waals surface area contributed by atoms with Crippen LogP contribution in [0.4, 0.5) is 28.0 Å². The molecule has 0 spiro atoms. The van der Waals surface area contributed by atoms with Crippen LogP contribution < -0.4 is 10.2 Å². The van der Waals surface area contributed by atoms with Gasteiger partial charge in [-0.25, -0.2) is 9.18 Å². The lowest BCUT2D eigenvalue weighted by molar-refractivity contribution is -0.122. The van der Waals surface area contributed by atoms with Gasteiger partial charge in [-0.1, -0.05) is 6.07 Å². The molecule has 1 aromatic carbocycles. The number of alkyl halides is 3. The van der Waals surface area contributed by atoms with Gasteiger partial charge in [-0.15, -0.1) is 0 Å². The van der Waals surface area contributed by atoms with Crippen LogP contribution in [0.3, 0.4) is 0 Å². The molecule has 7 heteroatoms. The standard InChI is InChI=1S/C11H12F4N2O/c1-2-17(9-5-3-4-8(12)6-9)10(18)16-7-11(13,14)15/h3-6H,2,7H2,1H3,(H,16,18). The van der Waals surface area contributed by atoms with Crippen molar-refractivity contribution < 1.29 is 22.4 Å². The molecule has 1 aromatic rings. The molecule has 100 valence electrons. The summed E-state index contributed by atoms with van der Waals surface area (Å²) in [7, 11) is 0. The Balaban J connectivity index is 2.75. The third-order valence-corrected chi connectivity index (χ3v) is 2.12. The molecule has 18 heavy (non-hydrogen) atoms. The minimum Gasteiger partial charge on any atom is -0.329 e. The molecule has 2 amide bonds. The Morgan fingerprint density at radius 2 is 2.06 bits per heavy atom. The van der Waals surface area contributed by atoms with Gasteiger partial charge in [0, 0.05) is 12.2 Å². The van der Waals surface area contributed by atoms with E-state index in [0.717, 1.165) is 11.0 Å². The van der Waals surface area contributed by atoms with Gasteiger partial charge >= 0.3 is 12.2 Å². The number of benzene rings is 1. The van der Waals surface area contributed by atoms with Gasteiger partial charge < -0.3 is 5.32 Å². The highest BCUT2D eigenvalue weighted by Gasteiger charge is 2.28. The first-order chi connectivity index (χ1) is 8.33. The molecule has 0 fully saturated rings. The Kier molecular flexibility index (Phi) is 4.52. The van der Waals surface area contributed by atoms with Crippen LogP contribution >= 0.6 is 0 Å². The van der Waals surface area contributed by atoms with Crippen molar-refractivity contribution in [1.29, 1.82) is 0 Å². The summed E-state index contributed by atoms with van der Waals surface area (Å²) in [5.41, 5.74) is 0.206. The number of urea groups is 1. The van der Waals surface area contributed by atoms with Crippen LogP contribution in [0.2, 0.25) is 0 Å². The van der Waals surface area contributed by atoms with Crippen LogP contribution in [0.5, 0.6) is 0 Å². The van der Waals surface area contributed by atoms with Crippen molar-refractivity contribution in [2.75, 3.05) is 18.0 Å². The third kappa shape index (κ3) is 4.23. The normalized spacial score (nSPS) is 11.2. The van der Waals surface area contributed by atoms with Gasteiger partial charge in [-0.2, -0.15) is 13.2 Å². The smallest absolute Gasteiger partial charge is 0.329 e. The first-order valence-corrected chi connectivity index (χ1v) is 5.21. The van der Waals surface area contributed by atoms with Crippen molar-refractivity contribution in [2.24, 2.45) is 0 Å². The van der Waals surface area contributed by atoms with Gasteiger partial charge in [-0.05, 0) is 25.1 Å². The first kappa shape index (κ1) is 14.3. The monoisotopic (exact) mass is 264 g/mol. The van der Waals surface area contributed by atoms with Gasteiger partial charge in [0.1, 0.15) is 12.4 Å². The zero-order chi connectivity index (χ0) is 13.8. The highest BCUT2D eigenvalue weighted by Crippen LogP contribution is 2.16. The molecule has 0 aromatic heterocycles. The largest absolute Gasteiger partial charge is 0.405 e. The summed E-state index contributed by atoms with van der Waals surface area (Å²) in [6.07, 6.45) is -4.48. The minimum atomic E-state index is -4.48. The molecule has 0 aliphatic carbocycles. The van der Waals surface area contributed by atoms with Gasteiger partial charge in [0.25, 0.3) is 0 Å². The zero-order valence-electron chi connectivity index (χ0n) is 9.59. The van der Waals surface area contributed by atoms with Crippen molar-refractivity contribution >= 4 is 11.7 Å². The number of amides is 2. The van der Waals surface area contributed by atoms with Gasteiger partial charge in [0.15, 0.2) is 0 Å². The van der Waals surface area contributed by atoms with E-state index < -0.39 is 24.6 Å². The molecule has 0 bridgehead atoms. The van der Waals surface area contributed by atoms with Crippen molar-refractivity contribution in [3.63, 3.8) is 0 Å². The van der Waals surface area contributed by atoms with E-state index in [-0.39, 0.29) is 12.2 Å². The quantitative estimate of drug-likeness (QED) is 0.836. The van der Waals surface area contributed by atoms with E-state index in [0.29, 0.717) is 0 Å². The predicted molar refractivity (Wildman–Crippen MR) is 58.9 cm³/mol. The lowest BCUT2D eigenvalue weighted by Crippen LogP contribution is -2.43. The zero-order valence-corrected chi connectivity index (χ0v) is 9.59. The summed E-state index contributed by atoms with van der Waals surface area (Å²) in [5.74, 6) is -0.561. The Morgan fingerprint density at radius 1 is 1.39 bits per heavy atom. The highest BCUT2D eigenvalue weighted by molar-refractivity contribution is 5.91. The number of carbonyl (C=O) groups excluding carboxylic acids is 1. The van der Waals surface area contributed by atoms with Crippen LogP contribution in [0.1, 0.15) is 6.92 Å². The lowest BCUT2D eigenvalue weighted by atomic mass is 10.3. The number of hydrogen-bond acceptors (Lipinski definition) is 1. The molecule has 0 saturated heterocycles. The van der Waals surface area contributed by atoms with Crippen molar-refractivity contribution in [2.45, 2.75) is 13.1 Å². The van der Waals surface area contributed by atoms with Crippen LogP contribution in [-0.4, -0.2) is 25.3 Å². The summed E-state index contributed by atoms with van der Waals surface area (Å²) >= 11 is 0. The Bertz CT molecular complexity index is 420. The fourth-order valence-corrected chi connectivity index (χ4v) is 1.36. The van der Waals surface area contributed by atoms with Gasteiger partial charge in [0.2, 0.25) is 0 Å². The van der Waals surface area contributed by atoms with E-state index in [4.69, 9.17) is 0 Å². The van der Waals surface area contributed by atoms with E-state index in [1.54, 1.807) is 12.2 Å². The average Bonchev–Trinajstić information content (AvgIpc) is 2.26. The number of anilines is 1. The van der Waals surface area contributed by atoms with Crippen LogP contribution in [-0.2, 0) is 0 Å². The number of carbonyl (C=O) groups is 1. The third-order valence-electron chi connectivity index (χ3n) is 2.12. The predicted octanol–water partition coefficient (Wildman–Crippen LogP) is 2.92. The molecule has 0 atom stereocenters. The topological polar surface area (TPSA) is 32.3 Å². The summed E-state index contributed by atoms with van der Waals surface area (Å²) in [6.45, 7) is 0.295. The molecule has 0 saturated carbocycles. The molecule has 3 nitrogen and oxygen atoms in total. The van der Waals surface area contributed by atoms with E-state index >= 15 is 0 Å². The maximum Gasteiger partial charge on any atom is 0.405 e. The summed E-state index contributed by atoms with van der Waals surface area (Å²) in [5, 5.41) is 1.73. The Labute approximate surface area is 101 Å². The first-order valence-electron chi connectivity index (χ1n) is 5.21. The van der Waals surface area contributed by atoms with Crippen molar-refractivity contribution in [3.05, 3.63) is 30.1 Å². The van der Waals surface area contributed by atoms with E-state index in [1.165, 1.54) is 18.2 Å². The molecule has 0 aliphatic heterocycles. The lowest BCUT2D eigenvalue weighted by Gasteiger charge is -2.22. The van der Waals surface area contributed by atoms with Crippen LogP contribution in [0, 0.1) is 5.82 Å². The average molecular weight is 264 g/mol.